The van der Waals surface area contributed by atoms with Crippen molar-refractivity contribution >= 4 is 73.2 Å². The number of amides is 1. The zero-order valence-corrected chi connectivity index (χ0v) is 20.7. The third-order valence-electron chi connectivity index (χ3n) is 5.26. The molecule has 0 saturated heterocycles. The molecule has 12 heteroatoms. The van der Waals surface area contributed by atoms with E-state index >= 15 is 0 Å². The number of anilines is 1. The molecular formula is C22H15ClN4O4S3. The van der Waals surface area contributed by atoms with E-state index in [4.69, 9.17) is 16.3 Å². The number of halogens is 1. The van der Waals surface area contributed by atoms with Gasteiger partial charge < -0.3 is 9.84 Å². The zero-order chi connectivity index (χ0) is 23.9. The van der Waals surface area contributed by atoms with Gasteiger partial charge in [0.1, 0.15) is 27.1 Å². The van der Waals surface area contributed by atoms with Crippen LogP contribution < -0.4 is 5.32 Å². The lowest BCUT2D eigenvalue weighted by Crippen LogP contribution is -2.18. The van der Waals surface area contributed by atoms with E-state index < -0.39 is 23.6 Å². The molecule has 4 aromatic rings. The molecule has 2 N–H and O–H groups in total. The van der Waals surface area contributed by atoms with E-state index in [-0.39, 0.29) is 10.8 Å². The first-order valence-electron chi connectivity index (χ1n) is 10.1. The average molecular weight is 531 g/mol. The number of rotatable bonds is 5. The lowest BCUT2D eigenvalue weighted by atomic mass is 10.1. The fraction of sp³-hybridized carbons (Fsp3) is 0.227. The van der Waals surface area contributed by atoms with Gasteiger partial charge in [0.2, 0.25) is 0 Å². The van der Waals surface area contributed by atoms with E-state index in [1.54, 1.807) is 6.92 Å². The van der Waals surface area contributed by atoms with Gasteiger partial charge in [0.15, 0.2) is 19.8 Å². The molecule has 34 heavy (non-hydrogen) atoms. The van der Waals surface area contributed by atoms with Crippen molar-refractivity contribution < 1.29 is 19.4 Å². The Morgan fingerprint density at radius 1 is 1.18 bits per heavy atom. The second-order valence-electron chi connectivity index (χ2n) is 7.55. The molecule has 0 radical (unpaired) electrons. The summed E-state index contributed by atoms with van der Waals surface area (Å²) in [7, 11) is 0. The maximum Gasteiger partial charge on any atom is 0.412 e. The van der Waals surface area contributed by atoms with Gasteiger partial charge in [0, 0.05) is 0 Å². The van der Waals surface area contributed by atoms with Crippen LogP contribution in [0.15, 0.2) is 30.3 Å². The van der Waals surface area contributed by atoms with E-state index in [1.165, 1.54) is 22.7 Å². The van der Waals surface area contributed by atoms with Gasteiger partial charge in [-0.15, -0.1) is 0 Å². The normalized spacial score (nSPS) is 14.8. The van der Waals surface area contributed by atoms with Crippen molar-refractivity contribution in [3.05, 3.63) is 55.9 Å². The molecule has 5 rings (SSSR count). The van der Waals surface area contributed by atoms with Crippen LogP contribution in [-0.2, 0) is 14.9 Å². The van der Waals surface area contributed by atoms with Crippen molar-refractivity contribution in [3.63, 3.8) is 0 Å². The molecule has 1 aromatic carbocycles. The minimum atomic E-state index is -0.844. The Bertz CT molecular complexity index is 1430. The highest BCUT2D eigenvalue weighted by Gasteiger charge is 2.54. The van der Waals surface area contributed by atoms with Gasteiger partial charge in [0.25, 0.3) is 0 Å². The number of carbonyl (C=O) groups excluding carboxylic acids is 1. The van der Waals surface area contributed by atoms with Gasteiger partial charge in [-0.1, -0.05) is 64.6 Å². The van der Waals surface area contributed by atoms with Crippen LogP contribution in [0.4, 0.5) is 10.5 Å². The van der Waals surface area contributed by atoms with Crippen LogP contribution in [0.25, 0.3) is 9.66 Å². The van der Waals surface area contributed by atoms with Gasteiger partial charge in [-0.2, -0.15) is 4.37 Å². The van der Waals surface area contributed by atoms with Gasteiger partial charge >= 0.3 is 12.1 Å². The summed E-state index contributed by atoms with van der Waals surface area (Å²) >= 11 is 9.78. The van der Waals surface area contributed by atoms with Crippen LogP contribution in [0.1, 0.15) is 46.3 Å². The van der Waals surface area contributed by atoms with Gasteiger partial charge in [-0.05, 0) is 48.7 Å². The minimum absolute atomic E-state index is 0.119. The van der Waals surface area contributed by atoms with Crippen LogP contribution in [0.5, 0.6) is 0 Å². The molecule has 1 unspecified atom stereocenters. The first-order valence-corrected chi connectivity index (χ1v) is 12.9. The maximum absolute atomic E-state index is 12.4. The second kappa shape index (κ2) is 8.96. The van der Waals surface area contributed by atoms with Crippen LogP contribution in [-0.4, -0.2) is 31.5 Å². The molecular weight excluding hydrogens is 516 g/mol. The van der Waals surface area contributed by atoms with Crippen LogP contribution in [0.3, 0.4) is 0 Å². The van der Waals surface area contributed by atoms with E-state index in [0.29, 0.717) is 37.4 Å². The summed E-state index contributed by atoms with van der Waals surface area (Å²) in [6, 6.07) is 9.37. The van der Waals surface area contributed by atoms with Crippen molar-refractivity contribution in [3.8, 4) is 11.8 Å². The predicted octanol–water partition coefficient (Wildman–Crippen LogP) is 5.69. The smallest absolute Gasteiger partial charge is 0.412 e. The number of hydrogen-bond donors (Lipinski definition) is 2. The second-order valence-corrected chi connectivity index (χ2v) is 10.6. The summed E-state index contributed by atoms with van der Waals surface area (Å²) in [5, 5.41) is 13.3. The monoisotopic (exact) mass is 530 g/mol. The maximum atomic E-state index is 12.4. The Hall–Kier alpha value is -3.04. The van der Waals surface area contributed by atoms with E-state index in [9.17, 15) is 14.7 Å². The number of benzene rings is 1. The van der Waals surface area contributed by atoms with Crippen molar-refractivity contribution in [2.45, 2.75) is 31.3 Å². The fourth-order valence-corrected chi connectivity index (χ4v) is 6.24. The molecule has 0 spiro atoms. The lowest BCUT2D eigenvalue weighted by molar-refractivity contribution is -0.140. The number of nitrogens with zero attached hydrogens (tertiary/aromatic N) is 3. The number of ether oxygens (including phenoxy) is 1. The van der Waals surface area contributed by atoms with Gasteiger partial charge in [-0.25, -0.2) is 14.8 Å². The predicted molar refractivity (Wildman–Crippen MR) is 132 cm³/mol. The number of hydrogen-bond acceptors (Lipinski definition) is 9. The van der Waals surface area contributed by atoms with E-state index in [1.807, 2.05) is 30.3 Å². The quantitative estimate of drug-likeness (QED) is 0.318. The number of carboxylic acids is 1. The van der Waals surface area contributed by atoms with Crippen molar-refractivity contribution in [2.75, 3.05) is 5.32 Å². The highest BCUT2D eigenvalue weighted by molar-refractivity contribution is 7.26. The molecule has 1 fully saturated rings. The molecule has 0 bridgehead atoms. The Kier molecular flexibility index (Phi) is 5.99. The Labute approximate surface area is 210 Å². The number of carboxylic acid groups (broad SMARTS) is 1. The number of carbonyl (C=O) groups is 2. The average Bonchev–Trinajstić information content (AvgIpc) is 3.26. The largest absolute Gasteiger partial charge is 0.481 e. The molecule has 1 aliphatic carbocycles. The molecule has 1 atom stereocenters. The molecule has 1 saturated carbocycles. The topological polar surface area (TPSA) is 114 Å². The molecule has 0 aliphatic heterocycles. The molecule has 1 aliphatic rings. The first kappa shape index (κ1) is 22.7. The van der Waals surface area contributed by atoms with E-state index in [2.05, 4.69) is 31.5 Å². The number of aliphatic carboxylic acids is 1. The molecule has 172 valence electrons. The highest BCUT2D eigenvalue weighted by Crippen LogP contribution is 2.50. The summed E-state index contributed by atoms with van der Waals surface area (Å²) in [6.07, 6.45) is 0.0900. The van der Waals surface area contributed by atoms with Crippen molar-refractivity contribution in [2.24, 2.45) is 0 Å². The molecule has 3 aromatic heterocycles. The molecule has 1 amide bonds. The Balaban J connectivity index is 1.30. The minimum Gasteiger partial charge on any atom is -0.481 e. The summed E-state index contributed by atoms with van der Waals surface area (Å²) < 4.78 is 9.50. The van der Waals surface area contributed by atoms with Gasteiger partial charge in [0.05, 0.1) is 0 Å². The molecule has 3 heterocycles. The summed E-state index contributed by atoms with van der Waals surface area (Å²) in [6.45, 7) is 1.78. The number of aromatic nitrogens is 3. The summed E-state index contributed by atoms with van der Waals surface area (Å²) in [5.41, 5.74) is 0.299. The van der Waals surface area contributed by atoms with Crippen LogP contribution in [0, 0.1) is 11.8 Å². The van der Waals surface area contributed by atoms with Gasteiger partial charge in [-0.3, -0.25) is 10.1 Å². The number of nitrogens with one attached hydrogen (secondary N) is 1. The SMILES string of the molecule is CC(OC(=O)Nc1c(Cl)nsc1C#Cc1nc2sc(C3(C(=O)O)CC3)nc2s1)c1ccccc1. The summed E-state index contributed by atoms with van der Waals surface area (Å²) in [4.78, 5) is 34.7. The third-order valence-corrected chi connectivity index (χ3v) is 8.54. The van der Waals surface area contributed by atoms with E-state index in [0.717, 1.165) is 17.1 Å². The number of fused-ring (bicyclic) bond motifs is 1. The van der Waals surface area contributed by atoms with Crippen molar-refractivity contribution in [1.82, 2.24) is 14.3 Å². The Morgan fingerprint density at radius 3 is 2.59 bits per heavy atom. The Morgan fingerprint density at radius 2 is 1.91 bits per heavy atom. The molecule has 8 nitrogen and oxygen atoms in total. The summed E-state index contributed by atoms with van der Waals surface area (Å²) in [5.74, 6) is 5.06. The standard InChI is InChI=1S/C22H15ClN4O4S3/c1-11(12-5-3-2-4-6-12)31-21(30)25-15-13(34-27-16(15)23)7-8-14-24-17-18(32-14)26-19(33-17)22(9-10-22)20(28)29/h2-6,11H,9-10H2,1H3,(H,25,30)(H,28,29). The fourth-order valence-electron chi connectivity index (χ4n) is 3.20. The third kappa shape index (κ3) is 4.37. The van der Waals surface area contributed by atoms with Crippen LogP contribution in [0.2, 0.25) is 5.15 Å². The number of thiazole rings is 2. The lowest BCUT2D eigenvalue weighted by Gasteiger charge is -2.13. The zero-order valence-electron chi connectivity index (χ0n) is 17.5. The van der Waals surface area contributed by atoms with Crippen LogP contribution >= 0.6 is 45.8 Å². The first-order chi connectivity index (χ1) is 16.4. The van der Waals surface area contributed by atoms with Crippen molar-refractivity contribution in [1.29, 1.82) is 0 Å². The highest BCUT2D eigenvalue weighted by atomic mass is 35.5.